The Morgan fingerprint density at radius 1 is 1.07 bits per heavy atom. The van der Waals surface area contributed by atoms with E-state index in [0.717, 1.165) is 0 Å². The minimum Gasteiger partial charge on any atom is -0.480 e. The summed E-state index contributed by atoms with van der Waals surface area (Å²) in [6.45, 7) is -1.23. The molecule has 0 aliphatic rings. The van der Waals surface area contributed by atoms with Crippen LogP contribution in [-0.2, 0) is 9.59 Å². The van der Waals surface area contributed by atoms with Gasteiger partial charge in [-0.3, -0.25) is 4.79 Å². The monoisotopic (exact) mass is 211 g/mol. The van der Waals surface area contributed by atoms with Crippen molar-refractivity contribution in [2.24, 2.45) is 5.73 Å². The van der Waals surface area contributed by atoms with Gasteiger partial charge in [0.1, 0.15) is 6.04 Å². The van der Waals surface area contributed by atoms with E-state index in [4.69, 9.17) is 31.3 Å². The molecule has 0 heterocycles. The van der Waals surface area contributed by atoms with Crippen molar-refractivity contribution >= 4 is 11.9 Å². The Kier molecular flexibility index (Phi) is 9.14. The summed E-state index contributed by atoms with van der Waals surface area (Å²) in [7, 11) is 0. The SMILES string of the molecule is N[C@H](CO)C(=O)O.O=C(O)[C@H](O)CO. The van der Waals surface area contributed by atoms with E-state index in [1.165, 1.54) is 0 Å². The number of aliphatic carboxylic acids is 2. The van der Waals surface area contributed by atoms with Crippen LogP contribution < -0.4 is 5.73 Å². The first kappa shape index (κ1) is 15.3. The van der Waals surface area contributed by atoms with Crippen LogP contribution in [0.15, 0.2) is 0 Å². The molecule has 0 radical (unpaired) electrons. The molecule has 0 aliphatic carbocycles. The van der Waals surface area contributed by atoms with Crippen molar-refractivity contribution in [1.29, 1.82) is 0 Å². The van der Waals surface area contributed by atoms with E-state index in [2.05, 4.69) is 0 Å². The number of carbonyl (C=O) groups is 2. The fourth-order valence-electron chi connectivity index (χ4n) is 0.156. The summed E-state index contributed by atoms with van der Waals surface area (Å²) in [6, 6.07) is -1.13. The van der Waals surface area contributed by atoms with E-state index in [-0.39, 0.29) is 0 Å². The summed E-state index contributed by atoms with van der Waals surface area (Å²) in [5, 5.41) is 39.6. The van der Waals surface area contributed by atoms with Crippen LogP contribution in [-0.4, -0.2) is 62.8 Å². The van der Waals surface area contributed by atoms with Crippen molar-refractivity contribution in [2.75, 3.05) is 13.2 Å². The van der Waals surface area contributed by atoms with Crippen molar-refractivity contribution in [3.63, 3.8) is 0 Å². The molecule has 0 rings (SSSR count). The summed E-state index contributed by atoms with van der Waals surface area (Å²) in [6.07, 6.45) is -1.63. The van der Waals surface area contributed by atoms with Gasteiger partial charge < -0.3 is 31.3 Å². The largest absolute Gasteiger partial charge is 0.480 e. The molecule has 0 saturated heterocycles. The van der Waals surface area contributed by atoms with E-state index in [1.807, 2.05) is 0 Å². The molecule has 0 aromatic carbocycles. The van der Waals surface area contributed by atoms with Gasteiger partial charge in [-0.15, -0.1) is 0 Å². The topological polar surface area (TPSA) is 161 Å². The molecule has 2 atom stereocenters. The van der Waals surface area contributed by atoms with E-state index >= 15 is 0 Å². The molecule has 14 heavy (non-hydrogen) atoms. The fraction of sp³-hybridized carbons (Fsp3) is 0.667. The fourth-order valence-corrected chi connectivity index (χ4v) is 0.156. The van der Waals surface area contributed by atoms with Crippen LogP contribution in [0.3, 0.4) is 0 Å². The van der Waals surface area contributed by atoms with Gasteiger partial charge in [-0.05, 0) is 0 Å². The Morgan fingerprint density at radius 2 is 1.50 bits per heavy atom. The van der Waals surface area contributed by atoms with Crippen LogP contribution in [0.2, 0.25) is 0 Å². The highest BCUT2D eigenvalue weighted by Crippen LogP contribution is 1.75. The Labute approximate surface area is 79.2 Å². The van der Waals surface area contributed by atoms with E-state index in [1.54, 1.807) is 0 Å². The lowest BCUT2D eigenvalue weighted by atomic mass is 10.3. The van der Waals surface area contributed by atoms with Crippen molar-refractivity contribution < 1.29 is 35.1 Å². The van der Waals surface area contributed by atoms with Gasteiger partial charge in [-0.1, -0.05) is 0 Å². The molecular formula is C6H13NO7. The molecule has 0 aromatic heterocycles. The van der Waals surface area contributed by atoms with Crippen LogP contribution in [0.1, 0.15) is 0 Å². The highest BCUT2D eigenvalue weighted by molar-refractivity contribution is 5.73. The Hall–Kier alpha value is -1.22. The molecule has 0 amide bonds. The number of nitrogens with two attached hydrogens (primary N) is 1. The maximum atomic E-state index is 9.65. The second-order valence-corrected chi connectivity index (χ2v) is 2.16. The Bertz CT molecular complexity index is 163. The minimum atomic E-state index is -1.63. The van der Waals surface area contributed by atoms with Gasteiger partial charge >= 0.3 is 11.9 Å². The quantitative estimate of drug-likeness (QED) is 0.283. The van der Waals surface area contributed by atoms with Crippen LogP contribution >= 0.6 is 0 Å². The summed E-state index contributed by atoms with van der Waals surface area (Å²) in [5.74, 6) is -2.58. The number of rotatable bonds is 4. The van der Waals surface area contributed by atoms with E-state index < -0.39 is 37.3 Å². The first-order chi connectivity index (χ1) is 6.36. The third-order valence-electron chi connectivity index (χ3n) is 0.972. The second kappa shape index (κ2) is 8.38. The number of aliphatic hydroxyl groups excluding tert-OH is 3. The van der Waals surface area contributed by atoms with Crippen molar-refractivity contribution in [1.82, 2.24) is 0 Å². The molecule has 0 unspecified atom stereocenters. The first-order valence-corrected chi connectivity index (χ1v) is 3.47. The lowest BCUT2D eigenvalue weighted by Gasteiger charge is -1.96. The average Bonchev–Trinajstić information content (AvgIpc) is 2.15. The maximum Gasteiger partial charge on any atom is 0.334 e. The summed E-state index contributed by atoms with van der Waals surface area (Å²) < 4.78 is 0. The van der Waals surface area contributed by atoms with Gasteiger partial charge in [0.05, 0.1) is 13.2 Å². The molecule has 84 valence electrons. The predicted molar refractivity (Wildman–Crippen MR) is 43.4 cm³/mol. The average molecular weight is 211 g/mol. The van der Waals surface area contributed by atoms with E-state index in [9.17, 15) is 9.59 Å². The van der Waals surface area contributed by atoms with Crippen molar-refractivity contribution in [3.8, 4) is 0 Å². The molecule has 8 heteroatoms. The van der Waals surface area contributed by atoms with Crippen LogP contribution in [0.25, 0.3) is 0 Å². The summed E-state index contributed by atoms with van der Waals surface area (Å²) >= 11 is 0. The van der Waals surface area contributed by atoms with Gasteiger partial charge in [0, 0.05) is 0 Å². The molecule has 7 N–H and O–H groups in total. The van der Waals surface area contributed by atoms with Crippen molar-refractivity contribution in [3.05, 3.63) is 0 Å². The lowest BCUT2D eigenvalue weighted by molar-refractivity contribution is -0.148. The number of hydrogen-bond donors (Lipinski definition) is 6. The first-order valence-electron chi connectivity index (χ1n) is 3.47. The van der Waals surface area contributed by atoms with Gasteiger partial charge in [0.15, 0.2) is 6.10 Å². The van der Waals surface area contributed by atoms with Crippen molar-refractivity contribution in [2.45, 2.75) is 12.1 Å². The summed E-state index contributed by atoms with van der Waals surface area (Å²) in [5.41, 5.74) is 4.77. The molecule has 0 spiro atoms. The third-order valence-corrected chi connectivity index (χ3v) is 0.972. The van der Waals surface area contributed by atoms with Gasteiger partial charge in [-0.2, -0.15) is 0 Å². The van der Waals surface area contributed by atoms with E-state index in [0.29, 0.717) is 0 Å². The Morgan fingerprint density at radius 3 is 1.50 bits per heavy atom. The standard InChI is InChI=1S/C3H7NO3.C3H6O4/c4-2(1-5)3(6)7;4-1-2(5)3(6)7/h2,5H,1,4H2,(H,6,7);2,4-5H,1H2,(H,6,7)/t2*2-/m11/s1. The summed E-state index contributed by atoms with van der Waals surface area (Å²) in [4.78, 5) is 19.2. The van der Waals surface area contributed by atoms with Gasteiger partial charge in [0.25, 0.3) is 0 Å². The molecule has 0 fully saturated rings. The number of aliphatic hydroxyl groups is 3. The van der Waals surface area contributed by atoms with Crippen LogP contribution in [0, 0.1) is 0 Å². The smallest absolute Gasteiger partial charge is 0.334 e. The number of carboxylic acid groups (broad SMARTS) is 2. The molecule has 0 bridgehead atoms. The van der Waals surface area contributed by atoms with Crippen LogP contribution in [0.4, 0.5) is 0 Å². The van der Waals surface area contributed by atoms with Crippen LogP contribution in [0.5, 0.6) is 0 Å². The third kappa shape index (κ3) is 8.87. The van der Waals surface area contributed by atoms with Gasteiger partial charge in [-0.25, -0.2) is 4.79 Å². The predicted octanol–water partition coefficient (Wildman–Crippen LogP) is -3.19. The molecule has 0 aliphatic heterocycles. The molecule has 0 aromatic rings. The number of hydrogen-bond acceptors (Lipinski definition) is 6. The molecular weight excluding hydrogens is 198 g/mol. The zero-order chi connectivity index (χ0) is 11.7. The highest BCUT2D eigenvalue weighted by Gasteiger charge is 2.09. The number of carboxylic acids is 2. The maximum absolute atomic E-state index is 9.65. The molecule has 0 saturated carbocycles. The van der Waals surface area contributed by atoms with Gasteiger partial charge in [0.2, 0.25) is 0 Å². The highest BCUT2D eigenvalue weighted by atomic mass is 16.4. The zero-order valence-corrected chi connectivity index (χ0v) is 7.20. The second-order valence-electron chi connectivity index (χ2n) is 2.16. The normalized spacial score (nSPS) is 13.4. The lowest BCUT2D eigenvalue weighted by Crippen LogP contribution is -2.33. The minimum absolute atomic E-state index is 0.505. The Balaban J connectivity index is 0. The zero-order valence-electron chi connectivity index (χ0n) is 7.20. The molecule has 8 nitrogen and oxygen atoms in total.